The maximum atomic E-state index is 8.70. The molecule has 1 saturated carbocycles. The third kappa shape index (κ3) is 1.89. The van der Waals surface area contributed by atoms with Crippen molar-refractivity contribution in [2.45, 2.75) is 19.3 Å². The molecule has 0 spiro atoms. The Labute approximate surface area is 106 Å². The minimum atomic E-state index is 0.137. The van der Waals surface area contributed by atoms with Crippen molar-refractivity contribution >= 4 is 11.7 Å². The van der Waals surface area contributed by atoms with Gasteiger partial charge in [-0.05, 0) is 36.8 Å². The molecule has 96 valence electrons. The van der Waals surface area contributed by atoms with Gasteiger partial charge in [-0.3, -0.25) is 0 Å². The molecular weight excluding hydrogens is 228 g/mol. The first-order valence-electron chi connectivity index (χ1n) is 6.47. The molecule has 0 radical (unpaired) electrons. The molecule has 0 aromatic carbocycles. The molecule has 2 heterocycles. The molecule has 1 aliphatic heterocycles. The molecule has 3 rings (SSSR count). The molecular formula is C13H18N4O. The summed E-state index contributed by atoms with van der Waals surface area (Å²) in [7, 11) is 0. The van der Waals surface area contributed by atoms with Crippen LogP contribution >= 0.6 is 0 Å². The van der Waals surface area contributed by atoms with E-state index in [0.29, 0.717) is 0 Å². The van der Waals surface area contributed by atoms with Crippen LogP contribution in [0.2, 0.25) is 0 Å². The molecule has 3 N–H and O–H groups in total. The molecule has 1 aromatic rings. The van der Waals surface area contributed by atoms with E-state index in [9.17, 15) is 0 Å². The van der Waals surface area contributed by atoms with Crippen LogP contribution in [0, 0.1) is 11.8 Å². The van der Waals surface area contributed by atoms with Crippen LogP contribution in [0.3, 0.4) is 0 Å². The number of rotatable bonds is 2. The fourth-order valence-corrected chi connectivity index (χ4v) is 3.23. The number of nitrogens with two attached hydrogens (primary N) is 1. The first-order chi connectivity index (χ1) is 8.78. The summed E-state index contributed by atoms with van der Waals surface area (Å²) in [5, 5.41) is 11.7. The number of fused-ring (bicyclic) bond motifs is 1. The van der Waals surface area contributed by atoms with Crippen LogP contribution in [-0.4, -0.2) is 29.1 Å². The summed E-state index contributed by atoms with van der Waals surface area (Å²) >= 11 is 0. The van der Waals surface area contributed by atoms with Gasteiger partial charge in [0.15, 0.2) is 5.84 Å². The number of oxime groups is 1. The van der Waals surface area contributed by atoms with Crippen molar-refractivity contribution in [1.82, 2.24) is 4.98 Å². The number of pyridine rings is 1. The van der Waals surface area contributed by atoms with Crippen LogP contribution in [0.4, 0.5) is 5.82 Å². The third-order valence-electron chi connectivity index (χ3n) is 4.20. The lowest BCUT2D eigenvalue weighted by Crippen LogP contribution is -2.23. The second kappa shape index (κ2) is 4.48. The number of hydrogen-bond donors (Lipinski definition) is 2. The third-order valence-corrected chi connectivity index (χ3v) is 4.20. The van der Waals surface area contributed by atoms with Crippen molar-refractivity contribution in [3.8, 4) is 0 Å². The van der Waals surface area contributed by atoms with Gasteiger partial charge in [-0.25, -0.2) is 4.98 Å². The summed E-state index contributed by atoms with van der Waals surface area (Å²) in [6, 6.07) is 3.66. The van der Waals surface area contributed by atoms with Crippen molar-refractivity contribution in [2.75, 3.05) is 18.0 Å². The second-order valence-electron chi connectivity index (χ2n) is 5.24. The van der Waals surface area contributed by atoms with E-state index in [0.717, 1.165) is 36.3 Å². The van der Waals surface area contributed by atoms with Crippen molar-refractivity contribution < 1.29 is 5.21 Å². The van der Waals surface area contributed by atoms with E-state index in [2.05, 4.69) is 15.0 Å². The Hall–Kier alpha value is -1.78. The summed E-state index contributed by atoms with van der Waals surface area (Å²) in [4.78, 5) is 6.72. The van der Waals surface area contributed by atoms with Crippen LogP contribution in [0.25, 0.3) is 0 Å². The zero-order valence-corrected chi connectivity index (χ0v) is 10.3. The van der Waals surface area contributed by atoms with Crippen LogP contribution in [-0.2, 0) is 0 Å². The van der Waals surface area contributed by atoms with Crippen LogP contribution in [0.15, 0.2) is 23.5 Å². The highest BCUT2D eigenvalue weighted by Gasteiger charge is 2.36. The lowest BCUT2D eigenvalue weighted by Gasteiger charge is -2.18. The highest BCUT2D eigenvalue weighted by atomic mass is 16.4. The Balaban J connectivity index is 1.81. The minimum absolute atomic E-state index is 0.137. The summed E-state index contributed by atoms with van der Waals surface area (Å²) in [5.41, 5.74) is 6.33. The van der Waals surface area contributed by atoms with Gasteiger partial charge >= 0.3 is 0 Å². The number of amidine groups is 1. The topological polar surface area (TPSA) is 74.7 Å². The van der Waals surface area contributed by atoms with Gasteiger partial charge in [0.1, 0.15) is 5.82 Å². The van der Waals surface area contributed by atoms with Gasteiger partial charge in [0.2, 0.25) is 0 Å². The minimum Gasteiger partial charge on any atom is -0.409 e. The zero-order chi connectivity index (χ0) is 12.5. The van der Waals surface area contributed by atoms with E-state index in [1.54, 1.807) is 12.3 Å². The monoisotopic (exact) mass is 246 g/mol. The van der Waals surface area contributed by atoms with E-state index in [-0.39, 0.29) is 5.84 Å². The molecule has 18 heavy (non-hydrogen) atoms. The molecule has 0 bridgehead atoms. The van der Waals surface area contributed by atoms with Crippen LogP contribution < -0.4 is 10.6 Å². The normalized spacial score (nSPS) is 27.6. The van der Waals surface area contributed by atoms with Crippen LogP contribution in [0.1, 0.15) is 24.8 Å². The molecule has 2 unspecified atom stereocenters. The molecule has 1 saturated heterocycles. The van der Waals surface area contributed by atoms with Crippen molar-refractivity contribution in [3.63, 3.8) is 0 Å². The quantitative estimate of drug-likeness (QED) is 0.358. The molecule has 0 amide bonds. The van der Waals surface area contributed by atoms with Crippen molar-refractivity contribution in [2.24, 2.45) is 22.7 Å². The Morgan fingerprint density at radius 1 is 1.39 bits per heavy atom. The first kappa shape index (κ1) is 11.3. The van der Waals surface area contributed by atoms with Gasteiger partial charge in [0, 0.05) is 24.8 Å². The Morgan fingerprint density at radius 3 is 2.78 bits per heavy atom. The van der Waals surface area contributed by atoms with Gasteiger partial charge in [-0.2, -0.15) is 0 Å². The molecule has 2 atom stereocenters. The van der Waals surface area contributed by atoms with Crippen molar-refractivity contribution in [1.29, 1.82) is 0 Å². The average Bonchev–Trinajstić information content (AvgIpc) is 2.98. The first-order valence-corrected chi connectivity index (χ1v) is 6.47. The van der Waals surface area contributed by atoms with Gasteiger partial charge in [0.05, 0.1) is 0 Å². The molecule has 2 fully saturated rings. The fraction of sp³-hybridized carbons (Fsp3) is 0.538. The van der Waals surface area contributed by atoms with Gasteiger partial charge < -0.3 is 15.8 Å². The van der Waals surface area contributed by atoms with Crippen LogP contribution in [0.5, 0.6) is 0 Å². The SMILES string of the molecule is N/C(=N/O)c1ccnc(N2CC3CCCC3C2)c1. The van der Waals surface area contributed by atoms with Gasteiger partial charge in [0.25, 0.3) is 0 Å². The highest BCUT2D eigenvalue weighted by molar-refractivity contribution is 5.97. The van der Waals surface area contributed by atoms with Gasteiger partial charge in [-0.1, -0.05) is 11.6 Å². The summed E-state index contributed by atoms with van der Waals surface area (Å²) in [5.74, 6) is 2.74. The lowest BCUT2D eigenvalue weighted by atomic mass is 10.0. The number of hydrogen-bond acceptors (Lipinski definition) is 4. The zero-order valence-electron chi connectivity index (χ0n) is 10.3. The van der Waals surface area contributed by atoms with E-state index < -0.39 is 0 Å². The second-order valence-corrected chi connectivity index (χ2v) is 5.24. The number of anilines is 1. The largest absolute Gasteiger partial charge is 0.409 e. The van der Waals surface area contributed by atoms with Crippen molar-refractivity contribution in [3.05, 3.63) is 23.9 Å². The highest BCUT2D eigenvalue weighted by Crippen LogP contribution is 2.39. The summed E-state index contributed by atoms with van der Waals surface area (Å²) in [6.45, 7) is 2.19. The molecule has 1 aromatic heterocycles. The predicted molar refractivity (Wildman–Crippen MR) is 69.8 cm³/mol. The molecule has 1 aliphatic carbocycles. The van der Waals surface area contributed by atoms with E-state index >= 15 is 0 Å². The Kier molecular flexibility index (Phi) is 2.81. The molecule has 5 nitrogen and oxygen atoms in total. The van der Waals surface area contributed by atoms with E-state index in [1.165, 1.54) is 19.3 Å². The predicted octanol–water partition coefficient (Wildman–Crippen LogP) is 1.41. The maximum Gasteiger partial charge on any atom is 0.170 e. The standard InChI is InChI=1S/C13H18N4O/c14-13(16-18)9-4-5-15-12(6-9)17-7-10-2-1-3-11(10)8-17/h4-6,10-11,18H,1-3,7-8H2,(H2,14,16). The fourth-order valence-electron chi connectivity index (χ4n) is 3.23. The Bertz CT molecular complexity index is 462. The average molecular weight is 246 g/mol. The smallest absolute Gasteiger partial charge is 0.170 e. The van der Waals surface area contributed by atoms with E-state index in [4.69, 9.17) is 10.9 Å². The number of nitrogens with zero attached hydrogens (tertiary/aromatic N) is 3. The summed E-state index contributed by atoms with van der Waals surface area (Å²) in [6.07, 6.45) is 5.79. The molecule has 5 heteroatoms. The molecule has 2 aliphatic rings. The lowest BCUT2D eigenvalue weighted by molar-refractivity contribution is 0.318. The van der Waals surface area contributed by atoms with Gasteiger partial charge in [-0.15, -0.1) is 0 Å². The summed E-state index contributed by atoms with van der Waals surface area (Å²) < 4.78 is 0. The maximum absolute atomic E-state index is 8.70. The van der Waals surface area contributed by atoms with E-state index in [1.807, 2.05) is 6.07 Å². The number of aromatic nitrogens is 1. The Morgan fingerprint density at radius 2 is 2.11 bits per heavy atom.